The Morgan fingerprint density at radius 2 is 1.00 bits per heavy atom. The quantitative estimate of drug-likeness (QED) is 0.449. The molecule has 0 saturated carbocycles. The van der Waals surface area contributed by atoms with Gasteiger partial charge in [0.05, 0.1) is 0 Å². The van der Waals surface area contributed by atoms with Crippen LogP contribution in [-0.2, 0) is 0 Å². The zero-order valence-corrected chi connectivity index (χ0v) is 13.7. The molecule has 0 unspecified atom stereocenters. The fourth-order valence-corrected chi connectivity index (χ4v) is 0.833. The van der Waals surface area contributed by atoms with Gasteiger partial charge in [0.1, 0.15) is 0 Å². The minimum atomic E-state index is 0.699. The first-order valence-electron chi connectivity index (χ1n) is 7.56. The molecular weight excluding hydrogens is 216 g/mol. The monoisotopic (exact) mass is 252 g/mol. The second-order valence-corrected chi connectivity index (χ2v) is 4.20. The molecule has 18 heavy (non-hydrogen) atoms. The average Bonchev–Trinajstić information content (AvgIpc) is 2.43. The maximum absolute atomic E-state index is 3.63. The van der Waals surface area contributed by atoms with Crippen LogP contribution in [0.2, 0.25) is 0 Å². The van der Waals surface area contributed by atoms with Gasteiger partial charge in [-0.2, -0.15) is 0 Å². The van der Waals surface area contributed by atoms with Gasteiger partial charge >= 0.3 is 0 Å². The van der Waals surface area contributed by atoms with Gasteiger partial charge in [-0.15, -0.1) is 6.58 Å². The van der Waals surface area contributed by atoms with E-state index in [0.29, 0.717) is 5.92 Å². The van der Waals surface area contributed by atoms with Crippen molar-refractivity contribution in [1.29, 1.82) is 0 Å². The Morgan fingerprint density at radius 3 is 1.06 bits per heavy atom. The first-order chi connectivity index (χ1) is 8.64. The third-order valence-corrected chi connectivity index (χ3v) is 2.32. The van der Waals surface area contributed by atoms with E-state index in [1.807, 2.05) is 6.08 Å². The fourth-order valence-electron chi connectivity index (χ4n) is 0.833. The van der Waals surface area contributed by atoms with Gasteiger partial charge in [0.25, 0.3) is 0 Å². The Kier molecular flexibility index (Phi) is 31.3. The topological polar surface area (TPSA) is 0 Å². The lowest BCUT2D eigenvalue weighted by Gasteiger charge is -1.93. The highest BCUT2D eigenvalue weighted by Crippen LogP contribution is 1.98. The Morgan fingerprint density at radius 1 is 0.722 bits per heavy atom. The predicted octanol–water partition coefficient (Wildman–Crippen LogP) is 6.94. The van der Waals surface area contributed by atoms with E-state index in [9.17, 15) is 0 Å². The van der Waals surface area contributed by atoms with Gasteiger partial charge in [0, 0.05) is 0 Å². The molecule has 108 valence electrons. The van der Waals surface area contributed by atoms with Crippen LogP contribution in [0.3, 0.4) is 0 Å². The van der Waals surface area contributed by atoms with Crippen molar-refractivity contribution in [3.05, 3.63) is 37.0 Å². The maximum atomic E-state index is 3.63. The number of allylic oxidation sites excluding steroid dienone is 5. The molecular formula is C18H36. The van der Waals surface area contributed by atoms with Crippen molar-refractivity contribution >= 4 is 0 Å². The third-order valence-electron chi connectivity index (χ3n) is 2.32. The molecule has 0 aromatic rings. The summed E-state index contributed by atoms with van der Waals surface area (Å²) in [6.07, 6.45) is 16.6. The molecule has 0 aliphatic rings. The normalized spacial score (nSPS) is 11.4. The molecule has 0 aromatic heterocycles. The lowest BCUT2D eigenvalue weighted by molar-refractivity contribution is 0.700. The van der Waals surface area contributed by atoms with Crippen molar-refractivity contribution in [2.75, 3.05) is 0 Å². The van der Waals surface area contributed by atoms with Crippen LogP contribution in [0.4, 0.5) is 0 Å². The van der Waals surface area contributed by atoms with Crippen LogP contribution in [0.5, 0.6) is 0 Å². The third kappa shape index (κ3) is 36.2. The summed E-state index contributed by atoms with van der Waals surface area (Å²) in [5, 5.41) is 0. The summed E-state index contributed by atoms with van der Waals surface area (Å²) in [5.74, 6) is 0.699. The van der Waals surface area contributed by atoms with Gasteiger partial charge in [-0.25, -0.2) is 0 Å². The largest absolute Gasteiger partial charge is 0.103 e. The highest BCUT2D eigenvalue weighted by Gasteiger charge is 1.84. The van der Waals surface area contributed by atoms with Crippen molar-refractivity contribution in [1.82, 2.24) is 0 Å². The molecule has 0 aliphatic heterocycles. The fraction of sp³-hybridized carbons (Fsp3) is 0.667. The average molecular weight is 252 g/mol. The lowest BCUT2D eigenvalue weighted by atomic mass is 10.1. The smallest absolute Gasteiger partial charge is 0.0267 e. The van der Waals surface area contributed by atoms with E-state index in [-0.39, 0.29) is 0 Å². The van der Waals surface area contributed by atoms with E-state index in [1.165, 1.54) is 32.1 Å². The van der Waals surface area contributed by atoms with E-state index in [1.54, 1.807) is 0 Å². The standard InChI is InChI=1S/3C6H12/c1-4-6(3)5-2;2*1-3-5-6-4-2/h4,6H,1,5H2,2-3H3;2*5-6H,3-4H2,1-2H3/b;6-5+;6-5-/t6-;;/m0../s1. The zero-order valence-electron chi connectivity index (χ0n) is 13.7. The molecule has 0 aromatic carbocycles. The number of hydrogen-bond donors (Lipinski definition) is 0. The summed E-state index contributed by atoms with van der Waals surface area (Å²) in [4.78, 5) is 0. The van der Waals surface area contributed by atoms with Crippen LogP contribution in [0.15, 0.2) is 37.0 Å². The second kappa shape index (κ2) is 25.2. The first kappa shape index (κ1) is 22.4. The highest BCUT2D eigenvalue weighted by molar-refractivity contribution is 4.78. The summed E-state index contributed by atoms with van der Waals surface area (Å²) >= 11 is 0. The molecule has 0 saturated heterocycles. The molecule has 0 fully saturated rings. The lowest BCUT2D eigenvalue weighted by Crippen LogP contribution is -1.80. The Bertz CT molecular complexity index is 148. The molecule has 0 amide bonds. The number of rotatable bonds is 6. The molecule has 1 atom stereocenters. The van der Waals surface area contributed by atoms with Crippen LogP contribution >= 0.6 is 0 Å². The SMILES string of the molecule is C=C[C@H](C)CC.CC/C=C/CC.CC/C=C\CC. The van der Waals surface area contributed by atoms with Gasteiger partial charge in [-0.3, -0.25) is 0 Å². The summed E-state index contributed by atoms with van der Waals surface area (Å²) in [6.45, 7) is 16.5. The number of hydrogen-bond acceptors (Lipinski definition) is 0. The van der Waals surface area contributed by atoms with Crippen molar-refractivity contribution < 1.29 is 0 Å². The van der Waals surface area contributed by atoms with Crippen molar-refractivity contribution in [2.45, 2.75) is 73.6 Å². The van der Waals surface area contributed by atoms with E-state index < -0.39 is 0 Å². The van der Waals surface area contributed by atoms with Crippen molar-refractivity contribution in [3.63, 3.8) is 0 Å². The summed E-state index contributed by atoms with van der Waals surface area (Å²) in [7, 11) is 0. The highest BCUT2D eigenvalue weighted by atomic mass is 13.9. The predicted molar refractivity (Wildman–Crippen MR) is 89.1 cm³/mol. The summed E-state index contributed by atoms with van der Waals surface area (Å²) < 4.78 is 0. The first-order valence-corrected chi connectivity index (χ1v) is 7.56. The van der Waals surface area contributed by atoms with Crippen LogP contribution in [0.1, 0.15) is 73.6 Å². The molecule has 0 nitrogen and oxygen atoms in total. The molecule has 0 aliphatic carbocycles. The van der Waals surface area contributed by atoms with Crippen LogP contribution in [0.25, 0.3) is 0 Å². The van der Waals surface area contributed by atoms with Crippen LogP contribution < -0.4 is 0 Å². The molecule has 0 rings (SSSR count). The molecule has 0 spiro atoms. The molecule has 0 heteroatoms. The minimum absolute atomic E-state index is 0.699. The van der Waals surface area contributed by atoms with E-state index >= 15 is 0 Å². The van der Waals surface area contributed by atoms with Gasteiger partial charge in [-0.1, -0.05) is 78.3 Å². The van der Waals surface area contributed by atoms with Crippen molar-refractivity contribution in [3.8, 4) is 0 Å². The Balaban J connectivity index is -0.000000187. The Hall–Kier alpha value is -0.780. The van der Waals surface area contributed by atoms with E-state index in [4.69, 9.17) is 0 Å². The van der Waals surface area contributed by atoms with Crippen LogP contribution in [-0.4, -0.2) is 0 Å². The molecule has 0 N–H and O–H groups in total. The van der Waals surface area contributed by atoms with Crippen molar-refractivity contribution in [2.24, 2.45) is 5.92 Å². The van der Waals surface area contributed by atoms with E-state index in [0.717, 1.165) is 0 Å². The van der Waals surface area contributed by atoms with Gasteiger partial charge in [0.2, 0.25) is 0 Å². The minimum Gasteiger partial charge on any atom is -0.103 e. The van der Waals surface area contributed by atoms with E-state index in [2.05, 4.69) is 72.4 Å². The van der Waals surface area contributed by atoms with Gasteiger partial charge in [0.15, 0.2) is 0 Å². The maximum Gasteiger partial charge on any atom is -0.0267 e. The molecule has 0 heterocycles. The second-order valence-electron chi connectivity index (χ2n) is 4.20. The van der Waals surface area contributed by atoms with Gasteiger partial charge in [-0.05, 0) is 31.6 Å². The Labute approximate surface area is 117 Å². The van der Waals surface area contributed by atoms with Gasteiger partial charge < -0.3 is 0 Å². The zero-order chi connectivity index (χ0) is 14.6. The molecule has 0 bridgehead atoms. The summed E-state index contributed by atoms with van der Waals surface area (Å²) in [6, 6.07) is 0. The summed E-state index contributed by atoms with van der Waals surface area (Å²) in [5.41, 5.74) is 0. The molecule has 0 radical (unpaired) electrons. The van der Waals surface area contributed by atoms with Crippen LogP contribution in [0, 0.1) is 5.92 Å².